The third kappa shape index (κ3) is 73.4. The monoisotopic (exact) mass is 1240 g/mol. The molecule has 2 unspecified atom stereocenters. The van der Waals surface area contributed by atoms with Crippen LogP contribution in [0.5, 0.6) is 0 Å². The molecule has 0 aromatic carbocycles. The first-order chi connectivity index (χ1) is 43.5. The standard InChI is InChI=1S/C82H159NO5/c1-3-5-7-9-11-13-15-17-18-19-20-21-22-36-39-42-45-48-51-54-58-62-66-70-74-80(85)79(78-84)83-81(86)75-71-67-63-59-55-52-49-46-43-40-37-34-32-30-28-26-24-23-25-27-29-31-33-35-38-41-44-47-50-53-57-61-65-69-73-77-88-82(87)76-72-68-64-60-56-16-14-12-10-8-6-4-2/h12,14,70,74,79-80,84-85H,3-11,13,15-69,71-73,75-78H2,1-2H3,(H,83,86)/b14-12-,74-70+. The summed E-state index contributed by atoms with van der Waals surface area (Å²) in [7, 11) is 0. The SMILES string of the molecule is CCCCC/C=C\CCCCCCCC(=O)OCCCCCCCCCCCCCCCCCCCCCCCCCCCCCCCCCCCCCC(=O)NC(CO)C(O)/C=C/CCCCCCCCCCCCCCCCCCCCCCCC. The maximum atomic E-state index is 12.6. The van der Waals surface area contributed by atoms with Gasteiger partial charge >= 0.3 is 5.97 Å². The molecular weight excluding hydrogens is 1080 g/mol. The van der Waals surface area contributed by atoms with Crippen molar-refractivity contribution in [3.05, 3.63) is 24.3 Å². The molecule has 0 aromatic rings. The van der Waals surface area contributed by atoms with Crippen LogP contribution in [0.25, 0.3) is 0 Å². The van der Waals surface area contributed by atoms with E-state index in [0.717, 1.165) is 44.9 Å². The lowest BCUT2D eigenvalue weighted by Gasteiger charge is -2.20. The summed E-state index contributed by atoms with van der Waals surface area (Å²) < 4.78 is 5.48. The predicted octanol–water partition coefficient (Wildman–Crippen LogP) is 26.8. The first-order valence-corrected chi connectivity index (χ1v) is 40.6. The molecule has 0 radical (unpaired) electrons. The molecule has 522 valence electrons. The molecule has 0 rings (SSSR count). The number of hydrogen-bond acceptors (Lipinski definition) is 5. The first kappa shape index (κ1) is 86.3. The minimum Gasteiger partial charge on any atom is -0.466 e. The Balaban J connectivity index is 3.34. The molecule has 0 fully saturated rings. The van der Waals surface area contributed by atoms with Gasteiger partial charge in [0.25, 0.3) is 0 Å². The van der Waals surface area contributed by atoms with Gasteiger partial charge in [0.1, 0.15) is 0 Å². The molecule has 1 amide bonds. The highest BCUT2D eigenvalue weighted by Crippen LogP contribution is 2.20. The topological polar surface area (TPSA) is 95.9 Å². The van der Waals surface area contributed by atoms with E-state index in [1.807, 2.05) is 6.08 Å². The van der Waals surface area contributed by atoms with Crippen molar-refractivity contribution in [3.63, 3.8) is 0 Å². The number of esters is 1. The Labute approximate surface area is 551 Å². The van der Waals surface area contributed by atoms with Crippen molar-refractivity contribution in [1.29, 1.82) is 0 Å². The van der Waals surface area contributed by atoms with Gasteiger partial charge in [0, 0.05) is 12.8 Å². The van der Waals surface area contributed by atoms with Crippen molar-refractivity contribution in [3.8, 4) is 0 Å². The van der Waals surface area contributed by atoms with E-state index in [1.165, 1.54) is 392 Å². The van der Waals surface area contributed by atoms with E-state index in [9.17, 15) is 19.8 Å². The summed E-state index contributed by atoms with van der Waals surface area (Å²) in [5.74, 6) is -0.0441. The Morgan fingerprint density at radius 2 is 0.534 bits per heavy atom. The van der Waals surface area contributed by atoms with Gasteiger partial charge in [-0.25, -0.2) is 0 Å². The zero-order valence-corrected chi connectivity index (χ0v) is 60.0. The van der Waals surface area contributed by atoms with E-state index < -0.39 is 12.1 Å². The summed E-state index contributed by atoms with van der Waals surface area (Å²) in [6.45, 7) is 4.93. The van der Waals surface area contributed by atoms with Crippen molar-refractivity contribution < 1.29 is 24.5 Å². The van der Waals surface area contributed by atoms with E-state index in [2.05, 4.69) is 31.3 Å². The minimum absolute atomic E-state index is 0.0131. The van der Waals surface area contributed by atoms with Crippen molar-refractivity contribution >= 4 is 11.9 Å². The fraction of sp³-hybridized carbons (Fsp3) is 0.927. The second kappa shape index (κ2) is 77.8. The summed E-state index contributed by atoms with van der Waals surface area (Å²) in [5.41, 5.74) is 0. The summed E-state index contributed by atoms with van der Waals surface area (Å²) in [6, 6.07) is -0.625. The van der Waals surface area contributed by atoms with Crippen LogP contribution in [0.4, 0.5) is 0 Å². The Kier molecular flexibility index (Phi) is 76.3. The summed E-state index contributed by atoms with van der Waals surface area (Å²) >= 11 is 0. The van der Waals surface area contributed by atoms with Gasteiger partial charge in [0.15, 0.2) is 0 Å². The number of amides is 1. The molecular formula is C82H159NO5. The number of carbonyl (C=O) groups excluding carboxylic acids is 2. The maximum Gasteiger partial charge on any atom is 0.305 e. The Hall–Kier alpha value is -1.66. The van der Waals surface area contributed by atoms with E-state index in [-0.39, 0.29) is 18.5 Å². The van der Waals surface area contributed by atoms with Crippen LogP contribution in [-0.4, -0.2) is 47.4 Å². The molecule has 0 heterocycles. The lowest BCUT2D eigenvalue weighted by molar-refractivity contribution is -0.143. The van der Waals surface area contributed by atoms with Crippen LogP contribution in [0.2, 0.25) is 0 Å². The van der Waals surface area contributed by atoms with Gasteiger partial charge in [-0.05, 0) is 57.8 Å². The molecule has 0 aliphatic rings. The van der Waals surface area contributed by atoms with Gasteiger partial charge in [-0.3, -0.25) is 9.59 Å². The fourth-order valence-electron chi connectivity index (χ4n) is 13.0. The van der Waals surface area contributed by atoms with Crippen LogP contribution in [0.15, 0.2) is 24.3 Å². The molecule has 0 aliphatic heterocycles. The Morgan fingerprint density at radius 1 is 0.307 bits per heavy atom. The smallest absolute Gasteiger partial charge is 0.305 e. The first-order valence-electron chi connectivity index (χ1n) is 40.6. The van der Waals surface area contributed by atoms with Gasteiger partial charge in [0.05, 0.1) is 25.4 Å². The van der Waals surface area contributed by atoms with E-state index in [4.69, 9.17) is 4.74 Å². The average Bonchev–Trinajstić information content (AvgIpc) is 3.54. The van der Waals surface area contributed by atoms with Crippen LogP contribution in [0, 0.1) is 0 Å². The van der Waals surface area contributed by atoms with Gasteiger partial charge < -0.3 is 20.3 Å². The predicted molar refractivity (Wildman–Crippen MR) is 389 cm³/mol. The van der Waals surface area contributed by atoms with Crippen molar-refractivity contribution in [1.82, 2.24) is 5.32 Å². The van der Waals surface area contributed by atoms with Crippen LogP contribution in [0.3, 0.4) is 0 Å². The molecule has 0 bridgehead atoms. The number of nitrogens with one attached hydrogen (secondary N) is 1. The molecule has 3 N–H and O–H groups in total. The maximum absolute atomic E-state index is 12.6. The third-order valence-corrected chi connectivity index (χ3v) is 19.2. The Morgan fingerprint density at radius 3 is 0.830 bits per heavy atom. The number of ether oxygens (including phenoxy) is 1. The number of carbonyl (C=O) groups is 2. The molecule has 0 aromatic heterocycles. The number of hydrogen-bond donors (Lipinski definition) is 3. The van der Waals surface area contributed by atoms with Gasteiger partial charge in [-0.15, -0.1) is 0 Å². The molecule has 88 heavy (non-hydrogen) atoms. The zero-order chi connectivity index (χ0) is 63.5. The van der Waals surface area contributed by atoms with E-state index in [0.29, 0.717) is 19.4 Å². The molecule has 6 nitrogen and oxygen atoms in total. The lowest BCUT2D eigenvalue weighted by Crippen LogP contribution is -2.45. The normalized spacial score (nSPS) is 12.5. The number of allylic oxidation sites excluding steroid dienone is 3. The van der Waals surface area contributed by atoms with Gasteiger partial charge in [-0.2, -0.15) is 0 Å². The van der Waals surface area contributed by atoms with Crippen LogP contribution >= 0.6 is 0 Å². The number of unbranched alkanes of at least 4 members (excludes halogenated alkanes) is 64. The quantitative estimate of drug-likeness (QED) is 0.0320. The largest absolute Gasteiger partial charge is 0.466 e. The second-order valence-corrected chi connectivity index (χ2v) is 28.1. The number of aliphatic hydroxyl groups excluding tert-OH is 2. The second-order valence-electron chi connectivity index (χ2n) is 28.1. The molecule has 0 saturated carbocycles. The van der Waals surface area contributed by atoms with Gasteiger partial charge in [0.2, 0.25) is 5.91 Å². The van der Waals surface area contributed by atoms with E-state index in [1.54, 1.807) is 6.08 Å². The van der Waals surface area contributed by atoms with Crippen LogP contribution in [-0.2, 0) is 14.3 Å². The van der Waals surface area contributed by atoms with Gasteiger partial charge in [-0.1, -0.05) is 417 Å². The Bertz CT molecular complexity index is 1380. The summed E-state index contributed by atoms with van der Waals surface area (Å²) in [4.78, 5) is 24.6. The zero-order valence-electron chi connectivity index (χ0n) is 60.0. The summed E-state index contributed by atoms with van der Waals surface area (Å²) in [5, 5.41) is 23.3. The lowest BCUT2D eigenvalue weighted by atomic mass is 10.0. The molecule has 0 spiro atoms. The highest BCUT2D eigenvalue weighted by atomic mass is 16.5. The number of aliphatic hydroxyl groups is 2. The molecule has 0 saturated heterocycles. The minimum atomic E-state index is -0.842. The van der Waals surface area contributed by atoms with Crippen molar-refractivity contribution in [2.45, 2.75) is 475 Å². The number of rotatable bonds is 77. The molecule has 0 aliphatic carbocycles. The van der Waals surface area contributed by atoms with Crippen LogP contribution in [0.1, 0.15) is 463 Å². The highest BCUT2D eigenvalue weighted by molar-refractivity contribution is 5.76. The molecule has 6 heteroatoms. The van der Waals surface area contributed by atoms with E-state index >= 15 is 0 Å². The van der Waals surface area contributed by atoms with Crippen LogP contribution < -0.4 is 5.32 Å². The third-order valence-electron chi connectivity index (χ3n) is 19.2. The highest BCUT2D eigenvalue weighted by Gasteiger charge is 2.18. The van der Waals surface area contributed by atoms with Crippen molar-refractivity contribution in [2.24, 2.45) is 0 Å². The fourth-order valence-corrected chi connectivity index (χ4v) is 13.0. The average molecular weight is 1240 g/mol. The molecule has 2 atom stereocenters. The summed E-state index contributed by atoms with van der Waals surface area (Å²) in [6.07, 6.45) is 100. The van der Waals surface area contributed by atoms with Crippen molar-refractivity contribution in [2.75, 3.05) is 13.2 Å².